The number of benzene rings is 1. The first-order valence-corrected chi connectivity index (χ1v) is 5.46. The summed E-state index contributed by atoms with van der Waals surface area (Å²) in [7, 11) is 0. The van der Waals surface area contributed by atoms with Gasteiger partial charge >= 0.3 is 5.24 Å². The van der Waals surface area contributed by atoms with Gasteiger partial charge in [-0.3, -0.25) is 4.79 Å². The molecule has 0 fully saturated rings. The number of fused-ring (bicyclic) bond motifs is 1. The Balaban J connectivity index is 2.70. The van der Waals surface area contributed by atoms with E-state index in [9.17, 15) is 4.79 Å². The summed E-state index contributed by atoms with van der Waals surface area (Å²) in [6.45, 7) is 0. The monoisotopic (exact) mass is 227 g/mol. The molecule has 1 aromatic heterocycles. The fraction of sp³-hybridized carbons (Fsp3) is 0.111. The van der Waals surface area contributed by atoms with Crippen LogP contribution in [0.5, 0.6) is 0 Å². The molecule has 0 saturated carbocycles. The zero-order valence-corrected chi connectivity index (χ0v) is 8.85. The smallest absolute Gasteiger partial charge is 0.307 e. The van der Waals surface area contributed by atoms with Gasteiger partial charge in [0, 0.05) is 0 Å². The third kappa shape index (κ3) is 1.51. The molecule has 0 aliphatic rings. The van der Waals surface area contributed by atoms with Gasteiger partial charge in [-0.25, -0.2) is 4.98 Å². The van der Waals surface area contributed by atoms with Crippen LogP contribution >= 0.6 is 23.4 Å². The molecule has 5 heteroatoms. The number of para-hydroxylation sites is 1. The van der Waals surface area contributed by atoms with Gasteiger partial charge < -0.3 is 4.42 Å². The van der Waals surface area contributed by atoms with Crippen molar-refractivity contribution >= 4 is 39.7 Å². The fourth-order valence-electron chi connectivity index (χ4n) is 1.17. The second-order valence-corrected chi connectivity index (χ2v) is 3.79. The van der Waals surface area contributed by atoms with Crippen LogP contribution in [0.2, 0.25) is 0 Å². The SMILES string of the molecule is CSc1cccc2nc(C(=O)Cl)oc12. The molecule has 2 aromatic rings. The molecule has 0 N–H and O–H groups in total. The predicted molar refractivity (Wildman–Crippen MR) is 56.0 cm³/mol. The molecule has 0 aliphatic carbocycles. The van der Waals surface area contributed by atoms with Gasteiger partial charge in [0.1, 0.15) is 5.52 Å². The van der Waals surface area contributed by atoms with Gasteiger partial charge in [-0.1, -0.05) is 6.07 Å². The molecule has 0 unspecified atom stereocenters. The van der Waals surface area contributed by atoms with E-state index in [4.69, 9.17) is 16.0 Å². The van der Waals surface area contributed by atoms with Crippen molar-refractivity contribution in [1.82, 2.24) is 4.98 Å². The second kappa shape index (κ2) is 3.63. The minimum atomic E-state index is -0.673. The first kappa shape index (κ1) is 9.55. The van der Waals surface area contributed by atoms with Crippen LogP contribution in [0.25, 0.3) is 11.1 Å². The van der Waals surface area contributed by atoms with Crippen LogP contribution in [-0.4, -0.2) is 16.5 Å². The van der Waals surface area contributed by atoms with Crippen molar-refractivity contribution < 1.29 is 9.21 Å². The Kier molecular flexibility index (Phi) is 2.48. The zero-order valence-electron chi connectivity index (χ0n) is 7.28. The van der Waals surface area contributed by atoms with Crippen molar-refractivity contribution in [2.24, 2.45) is 0 Å². The van der Waals surface area contributed by atoms with Crippen molar-refractivity contribution in [1.29, 1.82) is 0 Å². The highest BCUT2D eigenvalue weighted by atomic mass is 35.5. The lowest BCUT2D eigenvalue weighted by Gasteiger charge is -1.93. The molecule has 0 amide bonds. The van der Waals surface area contributed by atoms with Crippen molar-refractivity contribution in [2.45, 2.75) is 4.90 Å². The van der Waals surface area contributed by atoms with E-state index >= 15 is 0 Å². The highest BCUT2D eigenvalue weighted by Crippen LogP contribution is 2.27. The van der Waals surface area contributed by atoms with E-state index in [1.165, 1.54) is 11.8 Å². The standard InChI is InChI=1S/C9H6ClNO2S/c1-14-6-4-2-3-5-7(6)13-9(11-5)8(10)12/h2-4H,1H3. The van der Waals surface area contributed by atoms with Gasteiger partial charge in [0.2, 0.25) is 0 Å². The average Bonchev–Trinajstić information content (AvgIpc) is 2.60. The molecule has 0 spiro atoms. The molecule has 14 heavy (non-hydrogen) atoms. The molecular formula is C9H6ClNO2S. The lowest BCUT2D eigenvalue weighted by atomic mass is 10.3. The Labute approximate surface area is 89.4 Å². The Morgan fingerprint density at radius 3 is 3.00 bits per heavy atom. The molecule has 72 valence electrons. The van der Waals surface area contributed by atoms with Gasteiger partial charge in [0.05, 0.1) is 4.90 Å². The molecule has 1 aromatic carbocycles. The number of oxazole rings is 1. The van der Waals surface area contributed by atoms with E-state index in [2.05, 4.69) is 4.98 Å². The highest BCUT2D eigenvalue weighted by molar-refractivity contribution is 7.98. The summed E-state index contributed by atoms with van der Waals surface area (Å²) < 4.78 is 5.24. The highest BCUT2D eigenvalue weighted by Gasteiger charge is 2.13. The maximum Gasteiger partial charge on any atom is 0.307 e. The van der Waals surface area contributed by atoms with E-state index in [-0.39, 0.29) is 5.89 Å². The summed E-state index contributed by atoms with van der Waals surface area (Å²) in [5.74, 6) is -0.0526. The summed E-state index contributed by atoms with van der Waals surface area (Å²) in [5, 5.41) is -0.673. The van der Waals surface area contributed by atoms with Crippen LogP contribution in [0.3, 0.4) is 0 Å². The first-order valence-electron chi connectivity index (χ1n) is 3.85. The summed E-state index contributed by atoms with van der Waals surface area (Å²) >= 11 is 6.80. The van der Waals surface area contributed by atoms with Gasteiger partial charge in [-0.05, 0) is 30.0 Å². The largest absolute Gasteiger partial charge is 0.432 e. The Morgan fingerprint density at radius 1 is 1.57 bits per heavy atom. The van der Waals surface area contributed by atoms with Crippen LogP contribution in [-0.2, 0) is 0 Å². The number of carbonyl (C=O) groups is 1. The Bertz CT molecular complexity index is 495. The molecular weight excluding hydrogens is 222 g/mol. The van der Waals surface area contributed by atoms with E-state index in [0.29, 0.717) is 11.1 Å². The van der Waals surface area contributed by atoms with Crippen LogP contribution in [0.4, 0.5) is 0 Å². The van der Waals surface area contributed by atoms with Gasteiger partial charge in [-0.2, -0.15) is 0 Å². The Hall–Kier alpha value is -1.000. The average molecular weight is 228 g/mol. The fourth-order valence-corrected chi connectivity index (χ4v) is 1.80. The summed E-state index contributed by atoms with van der Waals surface area (Å²) in [6, 6.07) is 5.54. The third-order valence-corrected chi connectivity index (χ3v) is 2.69. The number of aromatic nitrogens is 1. The molecule has 0 radical (unpaired) electrons. The third-order valence-electron chi connectivity index (χ3n) is 1.77. The van der Waals surface area contributed by atoms with Crippen molar-refractivity contribution in [3.63, 3.8) is 0 Å². The van der Waals surface area contributed by atoms with Crippen LogP contribution in [0, 0.1) is 0 Å². The number of hydrogen-bond donors (Lipinski definition) is 0. The number of hydrogen-bond acceptors (Lipinski definition) is 4. The molecule has 0 atom stereocenters. The molecule has 1 heterocycles. The number of carbonyl (C=O) groups excluding carboxylic acids is 1. The molecule has 0 saturated heterocycles. The van der Waals surface area contributed by atoms with Crippen molar-refractivity contribution in [3.8, 4) is 0 Å². The summed E-state index contributed by atoms with van der Waals surface area (Å²) in [5.41, 5.74) is 1.27. The topological polar surface area (TPSA) is 43.1 Å². The summed E-state index contributed by atoms with van der Waals surface area (Å²) in [4.78, 5) is 15.7. The minimum Gasteiger partial charge on any atom is -0.432 e. The van der Waals surface area contributed by atoms with Crippen LogP contribution < -0.4 is 0 Å². The minimum absolute atomic E-state index is 0.0526. The van der Waals surface area contributed by atoms with Crippen molar-refractivity contribution in [3.05, 3.63) is 24.1 Å². The molecule has 3 nitrogen and oxygen atoms in total. The molecule has 2 rings (SSSR count). The number of nitrogens with zero attached hydrogens (tertiary/aromatic N) is 1. The second-order valence-electron chi connectivity index (χ2n) is 2.60. The van der Waals surface area contributed by atoms with E-state index in [1.54, 1.807) is 6.07 Å². The lowest BCUT2D eigenvalue weighted by Crippen LogP contribution is -1.85. The summed E-state index contributed by atoms with van der Waals surface area (Å²) in [6.07, 6.45) is 1.93. The zero-order chi connectivity index (χ0) is 10.1. The van der Waals surface area contributed by atoms with Crippen LogP contribution in [0.1, 0.15) is 10.7 Å². The molecule has 0 aliphatic heterocycles. The van der Waals surface area contributed by atoms with Gasteiger partial charge in [0.15, 0.2) is 5.58 Å². The number of thioether (sulfide) groups is 1. The normalized spacial score (nSPS) is 10.7. The Morgan fingerprint density at radius 2 is 2.36 bits per heavy atom. The maximum absolute atomic E-state index is 10.8. The molecule has 0 bridgehead atoms. The number of halogens is 1. The first-order chi connectivity index (χ1) is 6.72. The van der Waals surface area contributed by atoms with Crippen molar-refractivity contribution in [2.75, 3.05) is 6.26 Å². The van der Waals surface area contributed by atoms with Crippen LogP contribution in [0.15, 0.2) is 27.5 Å². The quantitative estimate of drug-likeness (QED) is 0.585. The lowest BCUT2D eigenvalue weighted by molar-refractivity contribution is 0.105. The van der Waals surface area contributed by atoms with E-state index in [0.717, 1.165) is 4.90 Å². The number of rotatable bonds is 2. The van der Waals surface area contributed by atoms with Gasteiger partial charge in [0.25, 0.3) is 5.89 Å². The van der Waals surface area contributed by atoms with E-state index < -0.39 is 5.24 Å². The predicted octanol–water partition coefficient (Wildman–Crippen LogP) is 2.93. The maximum atomic E-state index is 10.8. The van der Waals surface area contributed by atoms with E-state index in [1.807, 2.05) is 18.4 Å². The van der Waals surface area contributed by atoms with Gasteiger partial charge in [-0.15, -0.1) is 11.8 Å².